The lowest BCUT2D eigenvalue weighted by molar-refractivity contribution is -0.113. The van der Waals surface area contributed by atoms with Gasteiger partial charge < -0.3 is 10.1 Å². The van der Waals surface area contributed by atoms with Crippen LogP contribution >= 0.6 is 23.4 Å². The lowest BCUT2D eigenvalue weighted by atomic mass is 10.2. The van der Waals surface area contributed by atoms with Crippen molar-refractivity contribution in [3.8, 4) is 11.4 Å². The normalized spacial score (nSPS) is 10.5. The van der Waals surface area contributed by atoms with Gasteiger partial charge in [0.05, 0.1) is 17.9 Å². The zero-order chi connectivity index (χ0) is 20.1. The third-order valence-electron chi connectivity index (χ3n) is 3.86. The van der Waals surface area contributed by atoms with E-state index in [0.29, 0.717) is 16.5 Å². The molecule has 8 heteroatoms. The van der Waals surface area contributed by atoms with Crippen LogP contribution in [0.1, 0.15) is 5.56 Å². The number of aromatic nitrogens is 2. The molecule has 1 aromatic heterocycles. The van der Waals surface area contributed by atoms with Crippen LogP contribution < -0.4 is 15.6 Å². The lowest BCUT2D eigenvalue weighted by Crippen LogP contribution is -2.22. The molecule has 0 saturated carbocycles. The first-order valence-electron chi connectivity index (χ1n) is 8.39. The van der Waals surface area contributed by atoms with Crippen LogP contribution in [0.2, 0.25) is 5.02 Å². The molecule has 3 rings (SSSR count). The second-order valence-electron chi connectivity index (χ2n) is 5.93. The van der Waals surface area contributed by atoms with E-state index in [1.807, 2.05) is 31.2 Å². The molecular formula is C20H18ClN3O3S. The van der Waals surface area contributed by atoms with E-state index in [1.165, 1.54) is 11.7 Å². The van der Waals surface area contributed by atoms with E-state index in [0.717, 1.165) is 23.0 Å². The molecule has 0 saturated heterocycles. The first-order chi connectivity index (χ1) is 13.5. The van der Waals surface area contributed by atoms with E-state index in [2.05, 4.69) is 10.3 Å². The number of hydrogen-bond donors (Lipinski definition) is 1. The third kappa shape index (κ3) is 4.74. The third-order valence-corrected chi connectivity index (χ3v) is 5.12. The number of rotatable bonds is 6. The van der Waals surface area contributed by atoms with Crippen molar-refractivity contribution >= 4 is 35.0 Å². The van der Waals surface area contributed by atoms with Crippen molar-refractivity contribution < 1.29 is 9.53 Å². The zero-order valence-corrected chi connectivity index (χ0v) is 16.9. The summed E-state index contributed by atoms with van der Waals surface area (Å²) in [6.45, 7) is 1.96. The number of ether oxygens (including phenoxy) is 1. The Hall–Kier alpha value is -2.77. The maximum absolute atomic E-state index is 12.7. The van der Waals surface area contributed by atoms with Gasteiger partial charge >= 0.3 is 0 Å². The number of nitrogens with zero attached hydrogens (tertiary/aromatic N) is 2. The smallest absolute Gasteiger partial charge is 0.287 e. The summed E-state index contributed by atoms with van der Waals surface area (Å²) in [6, 6.07) is 12.6. The fraction of sp³-hybridized carbons (Fsp3) is 0.150. The molecular weight excluding hydrogens is 398 g/mol. The fourth-order valence-corrected chi connectivity index (χ4v) is 3.50. The lowest BCUT2D eigenvalue weighted by Gasteiger charge is -2.09. The number of hydrogen-bond acceptors (Lipinski definition) is 5. The minimum atomic E-state index is -0.265. The number of nitrogens with one attached hydrogen (secondary N) is 1. The van der Waals surface area contributed by atoms with Crippen molar-refractivity contribution in [3.63, 3.8) is 0 Å². The van der Waals surface area contributed by atoms with Crippen LogP contribution in [0.15, 0.2) is 64.7 Å². The SMILES string of the molecule is COc1ccc(NC(=O)CSc2nccn(-c3cccc(C)c3)c2=O)cc1Cl. The predicted octanol–water partition coefficient (Wildman–Crippen LogP) is 3.93. The van der Waals surface area contributed by atoms with Gasteiger partial charge in [0, 0.05) is 23.8 Å². The number of amides is 1. The minimum Gasteiger partial charge on any atom is -0.495 e. The molecule has 144 valence electrons. The molecule has 0 bridgehead atoms. The fourth-order valence-electron chi connectivity index (χ4n) is 2.55. The highest BCUT2D eigenvalue weighted by Gasteiger charge is 2.11. The van der Waals surface area contributed by atoms with Gasteiger partial charge in [-0.25, -0.2) is 4.98 Å². The Morgan fingerprint density at radius 1 is 1.29 bits per heavy atom. The standard InChI is InChI=1S/C20H18ClN3O3S/c1-13-4-3-5-15(10-13)24-9-8-22-19(20(24)26)28-12-18(25)23-14-6-7-17(27-2)16(21)11-14/h3-11H,12H2,1-2H3,(H,23,25). The highest BCUT2D eigenvalue weighted by molar-refractivity contribution is 7.99. The summed E-state index contributed by atoms with van der Waals surface area (Å²) in [6.07, 6.45) is 3.16. The van der Waals surface area contributed by atoms with Crippen molar-refractivity contribution in [1.29, 1.82) is 0 Å². The molecule has 3 aromatic rings. The van der Waals surface area contributed by atoms with Crippen LogP contribution in [-0.2, 0) is 4.79 Å². The van der Waals surface area contributed by atoms with E-state index >= 15 is 0 Å². The zero-order valence-electron chi connectivity index (χ0n) is 15.3. The van der Waals surface area contributed by atoms with Crippen molar-refractivity contribution in [3.05, 3.63) is 75.8 Å². The Morgan fingerprint density at radius 2 is 2.11 bits per heavy atom. The Morgan fingerprint density at radius 3 is 2.82 bits per heavy atom. The van der Waals surface area contributed by atoms with Crippen LogP contribution in [0, 0.1) is 6.92 Å². The Kier molecular flexibility index (Phi) is 6.38. The maximum atomic E-state index is 12.7. The molecule has 0 aliphatic heterocycles. The summed E-state index contributed by atoms with van der Waals surface area (Å²) in [7, 11) is 1.52. The summed E-state index contributed by atoms with van der Waals surface area (Å²) in [4.78, 5) is 29.0. The molecule has 0 aliphatic rings. The molecule has 2 aromatic carbocycles. The molecule has 28 heavy (non-hydrogen) atoms. The number of anilines is 1. The summed E-state index contributed by atoms with van der Waals surface area (Å²) >= 11 is 7.14. The van der Waals surface area contributed by atoms with Gasteiger partial charge in [0.15, 0.2) is 5.03 Å². The number of aryl methyl sites for hydroxylation is 1. The predicted molar refractivity (Wildman–Crippen MR) is 112 cm³/mol. The van der Waals surface area contributed by atoms with Gasteiger partial charge in [-0.2, -0.15) is 0 Å². The highest BCUT2D eigenvalue weighted by atomic mass is 35.5. The van der Waals surface area contributed by atoms with Gasteiger partial charge in [0.2, 0.25) is 5.91 Å². The van der Waals surface area contributed by atoms with Crippen molar-refractivity contribution in [2.75, 3.05) is 18.2 Å². The molecule has 1 heterocycles. The second kappa shape index (κ2) is 8.95. The number of methoxy groups -OCH3 is 1. The molecule has 0 radical (unpaired) electrons. The van der Waals surface area contributed by atoms with Gasteiger partial charge in [0.25, 0.3) is 5.56 Å². The largest absolute Gasteiger partial charge is 0.495 e. The van der Waals surface area contributed by atoms with Crippen molar-refractivity contribution in [2.45, 2.75) is 11.9 Å². The molecule has 0 atom stereocenters. The monoisotopic (exact) mass is 415 g/mol. The topological polar surface area (TPSA) is 73.2 Å². The first kappa shape index (κ1) is 20.0. The van der Waals surface area contributed by atoms with E-state index in [9.17, 15) is 9.59 Å². The number of carbonyl (C=O) groups excluding carboxylic acids is 1. The van der Waals surface area contributed by atoms with Crippen LogP contribution in [0.25, 0.3) is 5.69 Å². The Labute approximate surface area is 171 Å². The molecule has 0 unspecified atom stereocenters. The summed E-state index contributed by atoms with van der Waals surface area (Å²) in [5.74, 6) is 0.307. The Balaban J connectivity index is 1.69. The molecule has 0 fully saturated rings. The van der Waals surface area contributed by atoms with Gasteiger partial charge in [0.1, 0.15) is 5.75 Å². The molecule has 0 spiro atoms. The molecule has 6 nitrogen and oxygen atoms in total. The molecule has 0 aliphatic carbocycles. The number of carbonyl (C=O) groups is 1. The number of thioether (sulfide) groups is 1. The average molecular weight is 416 g/mol. The van der Waals surface area contributed by atoms with Gasteiger partial charge in [-0.1, -0.05) is 35.5 Å². The van der Waals surface area contributed by atoms with Crippen LogP contribution in [0.4, 0.5) is 5.69 Å². The van der Waals surface area contributed by atoms with Crippen molar-refractivity contribution in [1.82, 2.24) is 9.55 Å². The second-order valence-corrected chi connectivity index (χ2v) is 7.30. The minimum absolute atomic E-state index is 0.0454. The van der Waals surface area contributed by atoms with E-state index in [4.69, 9.17) is 16.3 Å². The van der Waals surface area contributed by atoms with E-state index in [1.54, 1.807) is 30.6 Å². The summed E-state index contributed by atoms with van der Waals surface area (Å²) in [5, 5.41) is 3.40. The van der Waals surface area contributed by atoms with Crippen molar-refractivity contribution in [2.24, 2.45) is 0 Å². The molecule has 1 amide bonds. The van der Waals surface area contributed by atoms with Crippen LogP contribution in [0.3, 0.4) is 0 Å². The van der Waals surface area contributed by atoms with Gasteiger partial charge in [-0.15, -0.1) is 0 Å². The number of halogens is 1. The van der Waals surface area contributed by atoms with E-state index < -0.39 is 0 Å². The summed E-state index contributed by atoms with van der Waals surface area (Å²) in [5.41, 5.74) is 2.09. The van der Waals surface area contributed by atoms with E-state index in [-0.39, 0.29) is 22.2 Å². The van der Waals surface area contributed by atoms with Crippen LogP contribution in [-0.4, -0.2) is 28.3 Å². The highest BCUT2D eigenvalue weighted by Crippen LogP contribution is 2.27. The summed E-state index contributed by atoms with van der Waals surface area (Å²) < 4.78 is 6.60. The van der Waals surface area contributed by atoms with Gasteiger partial charge in [-0.05, 0) is 42.8 Å². The first-order valence-corrected chi connectivity index (χ1v) is 9.75. The number of benzene rings is 2. The Bertz CT molecular complexity index is 1070. The average Bonchev–Trinajstić information content (AvgIpc) is 2.67. The van der Waals surface area contributed by atoms with Gasteiger partial charge in [-0.3, -0.25) is 14.2 Å². The quantitative estimate of drug-likeness (QED) is 0.617. The molecule has 1 N–H and O–H groups in total. The van der Waals surface area contributed by atoms with Crippen LogP contribution in [0.5, 0.6) is 5.75 Å². The maximum Gasteiger partial charge on any atom is 0.287 e.